The standard InChI is InChI=1S/C14H19N5O2/c1-10-6-15-19(7-10)9-13(20)18-5-3-4-12(8-18)14-16-11(2)21-17-14/h6-7,12H,3-5,8-9H2,1-2H3/t12-/m0/s1. The van der Waals surface area contributed by atoms with Gasteiger partial charge in [0.1, 0.15) is 6.54 Å². The molecular formula is C14H19N5O2. The third-order valence-corrected chi connectivity index (χ3v) is 3.74. The zero-order valence-electron chi connectivity index (χ0n) is 12.3. The summed E-state index contributed by atoms with van der Waals surface area (Å²) in [6.07, 6.45) is 5.59. The van der Waals surface area contributed by atoms with Crippen LogP contribution >= 0.6 is 0 Å². The van der Waals surface area contributed by atoms with Gasteiger partial charge in [-0.3, -0.25) is 9.48 Å². The Morgan fingerprint density at radius 2 is 2.33 bits per heavy atom. The first-order valence-electron chi connectivity index (χ1n) is 7.19. The second-order valence-corrected chi connectivity index (χ2v) is 5.57. The Balaban J connectivity index is 1.64. The molecule has 7 heteroatoms. The zero-order chi connectivity index (χ0) is 14.8. The van der Waals surface area contributed by atoms with Gasteiger partial charge in [0.25, 0.3) is 0 Å². The summed E-state index contributed by atoms with van der Waals surface area (Å²) in [7, 11) is 0. The fourth-order valence-corrected chi connectivity index (χ4v) is 2.69. The maximum absolute atomic E-state index is 12.4. The van der Waals surface area contributed by atoms with E-state index in [0.29, 0.717) is 18.3 Å². The Labute approximate surface area is 122 Å². The average Bonchev–Trinajstić information content (AvgIpc) is 3.08. The van der Waals surface area contributed by atoms with Gasteiger partial charge in [-0.25, -0.2) is 0 Å². The van der Waals surface area contributed by atoms with E-state index < -0.39 is 0 Å². The van der Waals surface area contributed by atoms with Crippen LogP contribution in [0.1, 0.15) is 36.0 Å². The Morgan fingerprint density at radius 3 is 3.00 bits per heavy atom. The first kappa shape index (κ1) is 13.8. The molecule has 3 rings (SSSR count). The van der Waals surface area contributed by atoms with E-state index >= 15 is 0 Å². The van der Waals surface area contributed by atoms with Crippen molar-refractivity contribution < 1.29 is 9.32 Å². The molecule has 0 radical (unpaired) electrons. The largest absolute Gasteiger partial charge is 0.340 e. The van der Waals surface area contributed by atoms with Gasteiger partial charge >= 0.3 is 0 Å². The Bertz CT molecular complexity index is 633. The highest BCUT2D eigenvalue weighted by atomic mass is 16.5. The van der Waals surface area contributed by atoms with Gasteiger partial charge in [0.15, 0.2) is 5.82 Å². The molecule has 0 aliphatic carbocycles. The van der Waals surface area contributed by atoms with E-state index in [1.807, 2.05) is 18.0 Å². The molecule has 3 heterocycles. The van der Waals surface area contributed by atoms with E-state index in [9.17, 15) is 4.79 Å². The molecular weight excluding hydrogens is 270 g/mol. The molecule has 0 saturated carbocycles. The molecule has 0 N–H and O–H groups in total. The van der Waals surface area contributed by atoms with Crippen LogP contribution in [-0.4, -0.2) is 43.8 Å². The van der Waals surface area contributed by atoms with E-state index in [4.69, 9.17) is 4.52 Å². The van der Waals surface area contributed by atoms with Crippen LogP contribution in [0.25, 0.3) is 0 Å². The highest BCUT2D eigenvalue weighted by Gasteiger charge is 2.27. The molecule has 1 aliphatic heterocycles. The van der Waals surface area contributed by atoms with Gasteiger partial charge in [-0.05, 0) is 25.3 Å². The predicted molar refractivity (Wildman–Crippen MR) is 74.6 cm³/mol. The SMILES string of the molecule is Cc1cnn(CC(=O)N2CCC[C@H](c3noc(C)n3)C2)c1. The van der Waals surface area contributed by atoms with Crippen LogP contribution in [0.4, 0.5) is 0 Å². The Kier molecular flexibility index (Phi) is 3.72. The Hall–Kier alpha value is -2.18. The minimum atomic E-state index is 0.0861. The summed E-state index contributed by atoms with van der Waals surface area (Å²) in [5.74, 6) is 1.53. The maximum Gasteiger partial charge on any atom is 0.244 e. The number of hydrogen-bond donors (Lipinski definition) is 0. The number of carbonyl (C=O) groups is 1. The fourth-order valence-electron chi connectivity index (χ4n) is 2.69. The Morgan fingerprint density at radius 1 is 1.48 bits per heavy atom. The van der Waals surface area contributed by atoms with Crippen LogP contribution < -0.4 is 0 Å². The second kappa shape index (κ2) is 5.67. The summed E-state index contributed by atoms with van der Waals surface area (Å²) in [6, 6.07) is 0. The highest BCUT2D eigenvalue weighted by Crippen LogP contribution is 2.24. The van der Waals surface area contributed by atoms with E-state index in [1.165, 1.54) is 0 Å². The average molecular weight is 289 g/mol. The normalized spacial score (nSPS) is 19.0. The van der Waals surface area contributed by atoms with Crippen molar-refractivity contribution in [3.05, 3.63) is 29.7 Å². The summed E-state index contributed by atoms with van der Waals surface area (Å²) >= 11 is 0. The minimum absolute atomic E-state index is 0.0861. The van der Waals surface area contributed by atoms with Crippen molar-refractivity contribution in [1.82, 2.24) is 24.8 Å². The molecule has 1 amide bonds. The van der Waals surface area contributed by atoms with E-state index in [2.05, 4.69) is 15.2 Å². The van der Waals surface area contributed by atoms with Gasteiger partial charge in [0.05, 0.1) is 6.20 Å². The number of hydrogen-bond acceptors (Lipinski definition) is 5. The fraction of sp³-hybridized carbons (Fsp3) is 0.571. The molecule has 7 nitrogen and oxygen atoms in total. The maximum atomic E-state index is 12.4. The molecule has 1 saturated heterocycles. The minimum Gasteiger partial charge on any atom is -0.340 e. The summed E-state index contributed by atoms with van der Waals surface area (Å²) < 4.78 is 6.71. The lowest BCUT2D eigenvalue weighted by Crippen LogP contribution is -2.41. The number of rotatable bonds is 3. The van der Waals surface area contributed by atoms with Crippen LogP contribution in [0.5, 0.6) is 0 Å². The van der Waals surface area contributed by atoms with Crippen molar-refractivity contribution in [2.45, 2.75) is 39.2 Å². The molecule has 2 aromatic heterocycles. The van der Waals surface area contributed by atoms with Crippen LogP contribution in [0.3, 0.4) is 0 Å². The van der Waals surface area contributed by atoms with Gasteiger partial charge < -0.3 is 9.42 Å². The molecule has 1 aliphatic rings. The van der Waals surface area contributed by atoms with Crippen LogP contribution in [-0.2, 0) is 11.3 Å². The van der Waals surface area contributed by atoms with Crippen molar-refractivity contribution in [3.8, 4) is 0 Å². The summed E-state index contributed by atoms with van der Waals surface area (Å²) in [6.45, 7) is 5.46. The molecule has 1 atom stereocenters. The molecule has 0 aromatic carbocycles. The summed E-state index contributed by atoms with van der Waals surface area (Å²) in [4.78, 5) is 18.5. The van der Waals surface area contributed by atoms with Gasteiger partial charge in [0, 0.05) is 32.1 Å². The second-order valence-electron chi connectivity index (χ2n) is 5.57. The topological polar surface area (TPSA) is 77.0 Å². The lowest BCUT2D eigenvalue weighted by atomic mass is 9.97. The lowest BCUT2D eigenvalue weighted by Gasteiger charge is -2.31. The van der Waals surface area contributed by atoms with Crippen LogP contribution in [0.2, 0.25) is 0 Å². The first-order chi connectivity index (χ1) is 10.1. The van der Waals surface area contributed by atoms with Crippen molar-refractivity contribution in [2.75, 3.05) is 13.1 Å². The number of aryl methyl sites for hydroxylation is 2. The quantitative estimate of drug-likeness (QED) is 0.851. The van der Waals surface area contributed by atoms with E-state index in [0.717, 1.165) is 24.9 Å². The van der Waals surface area contributed by atoms with Crippen molar-refractivity contribution in [3.63, 3.8) is 0 Å². The third-order valence-electron chi connectivity index (χ3n) is 3.74. The van der Waals surface area contributed by atoms with Gasteiger partial charge in [-0.15, -0.1) is 0 Å². The molecule has 2 aromatic rings. The number of nitrogens with zero attached hydrogens (tertiary/aromatic N) is 5. The molecule has 0 unspecified atom stereocenters. The number of likely N-dealkylation sites (tertiary alicyclic amines) is 1. The number of aromatic nitrogens is 4. The van der Waals surface area contributed by atoms with Gasteiger partial charge in [-0.1, -0.05) is 5.16 Å². The molecule has 1 fully saturated rings. The number of amides is 1. The molecule has 0 spiro atoms. The predicted octanol–water partition coefficient (Wildman–Crippen LogP) is 1.29. The monoisotopic (exact) mass is 289 g/mol. The van der Waals surface area contributed by atoms with Crippen LogP contribution in [0, 0.1) is 13.8 Å². The number of piperidine rings is 1. The molecule has 112 valence electrons. The van der Waals surface area contributed by atoms with E-state index in [1.54, 1.807) is 17.8 Å². The van der Waals surface area contributed by atoms with Gasteiger partial charge in [0.2, 0.25) is 11.8 Å². The molecule has 0 bridgehead atoms. The van der Waals surface area contributed by atoms with E-state index in [-0.39, 0.29) is 18.4 Å². The zero-order valence-corrected chi connectivity index (χ0v) is 12.3. The van der Waals surface area contributed by atoms with Crippen molar-refractivity contribution >= 4 is 5.91 Å². The number of carbonyl (C=O) groups excluding carboxylic acids is 1. The van der Waals surface area contributed by atoms with Crippen molar-refractivity contribution in [2.24, 2.45) is 0 Å². The third kappa shape index (κ3) is 3.12. The summed E-state index contributed by atoms with van der Waals surface area (Å²) in [5, 5.41) is 8.14. The van der Waals surface area contributed by atoms with Crippen molar-refractivity contribution in [1.29, 1.82) is 0 Å². The van der Waals surface area contributed by atoms with Gasteiger partial charge in [-0.2, -0.15) is 10.1 Å². The van der Waals surface area contributed by atoms with Crippen LogP contribution in [0.15, 0.2) is 16.9 Å². The first-order valence-corrected chi connectivity index (χ1v) is 7.19. The summed E-state index contributed by atoms with van der Waals surface area (Å²) in [5.41, 5.74) is 1.06. The molecule has 21 heavy (non-hydrogen) atoms. The lowest BCUT2D eigenvalue weighted by molar-refractivity contribution is -0.133. The smallest absolute Gasteiger partial charge is 0.244 e. The highest BCUT2D eigenvalue weighted by molar-refractivity contribution is 5.76.